The van der Waals surface area contributed by atoms with Crippen LogP contribution in [0.4, 0.5) is 0 Å². The largest absolute Gasteiger partial charge is 0.496 e. The summed E-state index contributed by atoms with van der Waals surface area (Å²) < 4.78 is 16.6. The van der Waals surface area contributed by atoms with Gasteiger partial charge in [-0.05, 0) is 18.2 Å². The van der Waals surface area contributed by atoms with Crippen molar-refractivity contribution in [1.82, 2.24) is 4.98 Å². The summed E-state index contributed by atoms with van der Waals surface area (Å²) in [6.45, 7) is 4.16. The van der Waals surface area contributed by atoms with Crippen LogP contribution in [0.2, 0.25) is 0 Å². The molecule has 22 heavy (non-hydrogen) atoms. The van der Waals surface area contributed by atoms with Crippen molar-refractivity contribution in [2.75, 3.05) is 21.3 Å². The summed E-state index contributed by atoms with van der Waals surface area (Å²) in [5.41, 5.74) is 2.52. The van der Waals surface area contributed by atoms with Crippen LogP contribution in [0.1, 0.15) is 19.4 Å². The van der Waals surface area contributed by atoms with Gasteiger partial charge in [0.2, 0.25) is 0 Å². The average Bonchev–Trinajstić information content (AvgIpc) is 2.55. The molecule has 1 heterocycles. The Bertz CT molecular complexity index is 607. The van der Waals surface area contributed by atoms with E-state index >= 15 is 0 Å². The maximum absolute atomic E-state index is 5.59. The van der Waals surface area contributed by atoms with Crippen molar-refractivity contribution in [3.63, 3.8) is 0 Å². The standard InChI is InChI=1S/C18H23NO3/c1-18(2,17(21-4)22-5)16-13(9-8-11-15(16)20-3)14-10-6-7-12-19-14/h6-12,17H,1-5H3. The van der Waals surface area contributed by atoms with Gasteiger partial charge in [-0.1, -0.05) is 32.0 Å². The van der Waals surface area contributed by atoms with Crippen LogP contribution in [0, 0.1) is 0 Å². The summed E-state index contributed by atoms with van der Waals surface area (Å²) >= 11 is 0. The molecule has 0 unspecified atom stereocenters. The maximum atomic E-state index is 5.59. The van der Waals surface area contributed by atoms with Crippen molar-refractivity contribution in [3.8, 4) is 17.0 Å². The third-order valence-electron chi connectivity index (χ3n) is 3.85. The van der Waals surface area contributed by atoms with Crippen molar-refractivity contribution in [1.29, 1.82) is 0 Å². The monoisotopic (exact) mass is 301 g/mol. The Morgan fingerprint density at radius 3 is 2.23 bits per heavy atom. The van der Waals surface area contributed by atoms with E-state index in [2.05, 4.69) is 18.8 Å². The van der Waals surface area contributed by atoms with Crippen molar-refractivity contribution in [2.45, 2.75) is 25.6 Å². The quantitative estimate of drug-likeness (QED) is 0.764. The first-order valence-electron chi connectivity index (χ1n) is 7.20. The topological polar surface area (TPSA) is 40.6 Å². The number of methoxy groups -OCH3 is 3. The van der Waals surface area contributed by atoms with Crippen LogP contribution in [0.25, 0.3) is 11.3 Å². The summed E-state index contributed by atoms with van der Waals surface area (Å²) in [6.07, 6.45) is 1.39. The smallest absolute Gasteiger partial charge is 0.165 e. The molecule has 0 fully saturated rings. The Hall–Kier alpha value is -1.91. The molecule has 0 aliphatic carbocycles. The lowest BCUT2D eigenvalue weighted by Crippen LogP contribution is -2.37. The SMILES string of the molecule is COc1cccc(-c2ccccn2)c1C(C)(C)C(OC)OC. The highest BCUT2D eigenvalue weighted by atomic mass is 16.7. The van der Waals surface area contributed by atoms with Crippen LogP contribution in [-0.2, 0) is 14.9 Å². The van der Waals surface area contributed by atoms with E-state index in [1.165, 1.54) is 0 Å². The summed E-state index contributed by atoms with van der Waals surface area (Å²) in [5, 5.41) is 0. The zero-order valence-electron chi connectivity index (χ0n) is 13.8. The van der Waals surface area contributed by atoms with Crippen molar-refractivity contribution >= 4 is 0 Å². The predicted octanol–water partition coefficient (Wildman–Crippen LogP) is 3.65. The fourth-order valence-electron chi connectivity index (χ4n) is 2.90. The molecule has 4 heteroatoms. The lowest BCUT2D eigenvalue weighted by Gasteiger charge is -2.35. The summed E-state index contributed by atoms with van der Waals surface area (Å²) in [7, 11) is 4.96. The molecule has 0 saturated carbocycles. The van der Waals surface area contributed by atoms with Gasteiger partial charge in [-0.2, -0.15) is 0 Å². The van der Waals surface area contributed by atoms with E-state index in [-0.39, 0.29) is 0 Å². The molecule has 0 N–H and O–H groups in total. The molecule has 0 bridgehead atoms. The Morgan fingerprint density at radius 1 is 0.955 bits per heavy atom. The van der Waals surface area contributed by atoms with Gasteiger partial charge in [0, 0.05) is 37.0 Å². The van der Waals surface area contributed by atoms with Gasteiger partial charge in [-0.15, -0.1) is 0 Å². The highest BCUT2D eigenvalue weighted by molar-refractivity contribution is 5.69. The minimum Gasteiger partial charge on any atom is -0.496 e. The number of aromatic nitrogens is 1. The second kappa shape index (κ2) is 6.90. The van der Waals surface area contributed by atoms with Gasteiger partial charge in [0.15, 0.2) is 6.29 Å². The fraction of sp³-hybridized carbons (Fsp3) is 0.389. The molecule has 0 aliphatic rings. The Balaban J connectivity index is 2.67. The first-order valence-corrected chi connectivity index (χ1v) is 7.20. The molecule has 2 aromatic rings. The van der Waals surface area contributed by atoms with Crippen LogP contribution in [0.3, 0.4) is 0 Å². The van der Waals surface area contributed by atoms with Crippen LogP contribution in [-0.4, -0.2) is 32.6 Å². The van der Waals surface area contributed by atoms with Gasteiger partial charge in [0.25, 0.3) is 0 Å². The third-order valence-corrected chi connectivity index (χ3v) is 3.85. The van der Waals surface area contributed by atoms with E-state index in [0.717, 1.165) is 22.6 Å². The Labute approximate surface area is 132 Å². The zero-order chi connectivity index (χ0) is 16.2. The number of pyridine rings is 1. The van der Waals surface area contributed by atoms with Crippen LogP contribution >= 0.6 is 0 Å². The Kier molecular flexibility index (Phi) is 5.16. The maximum Gasteiger partial charge on any atom is 0.165 e. The number of rotatable bonds is 6. The summed E-state index contributed by atoms with van der Waals surface area (Å²) in [4.78, 5) is 4.47. The molecule has 1 aromatic heterocycles. The normalized spacial score (nSPS) is 11.7. The molecule has 0 atom stereocenters. The second-order valence-electron chi connectivity index (χ2n) is 5.62. The van der Waals surface area contributed by atoms with Crippen molar-refractivity contribution < 1.29 is 14.2 Å². The molecule has 0 spiro atoms. The number of hydrogen-bond donors (Lipinski definition) is 0. The zero-order valence-corrected chi connectivity index (χ0v) is 13.8. The van der Waals surface area contributed by atoms with Gasteiger partial charge in [-0.3, -0.25) is 4.98 Å². The minimum absolute atomic E-state index is 0.397. The highest BCUT2D eigenvalue weighted by Crippen LogP contribution is 2.41. The second-order valence-corrected chi connectivity index (χ2v) is 5.62. The van der Waals surface area contributed by atoms with Crippen molar-refractivity contribution in [2.24, 2.45) is 0 Å². The van der Waals surface area contributed by atoms with Crippen LogP contribution in [0.5, 0.6) is 5.75 Å². The summed E-state index contributed by atoms with van der Waals surface area (Å²) in [6, 6.07) is 11.8. The Morgan fingerprint density at radius 2 is 1.68 bits per heavy atom. The van der Waals surface area contributed by atoms with Gasteiger partial charge in [0.1, 0.15) is 5.75 Å². The molecule has 0 aliphatic heterocycles. The molecular weight excluding hydrogens is 278 g/mol. The molecule has 1 aromatic carbocycles. The summed E-state index contributed by atoms with van der Waals surface area (Å²) in [5.74, 6) is 0.798. The lowest BCUT2D eigenvalue weighted by atomic mass is 9.79. The van der Waals surface area contributed by atoms with Crippen LogP contribution < -0.4 is 4.74 Å². The molecule has 4 nitrogen and oxygen atoms in total. The van der Waals surface area contributed by atoms with E-state index in [9.17, 15) is 0 Å². The lowest BCUT2D eigenvalue weighted by molar-refractivity contribution is -0.141. The average molecular weight is 301 g/mol. The minimum atomic E-state index is -0.414. The predicted molar refractivity (Wildman–Crippen MR) is 87.1 cm³/mol. The molecular formula is C18H23NO3. The number of ether oxygens (including phenoxy) is 3. The molecule has 0 saturated heterocycles. The molecule has 2 rings (SSSR count). The first kappa shape index (κ1) is 16.5. The molecule has 118 valence electrons. The number of benzene rings is 1. The third kappa shape index (κ3) is 2.98. The fourth-order valence-corrected chi connectivity index (χ4v) is 2.90. The van der Waals surface area contributed by atoms with Gasteiger partial charge in [-0.25, -0.2) is 0 Å². The van der Waals surface area contributed by atoms with Crippen molar-refractivity contribution in [3.05, 3.63) is 48.2 Å². The van der Waals surface area contributed by atoms with E-state index < -0.39 is 11.7 Å². The van der Waals surface area contributed by atoms with Gasteiger partial charge >= 0.3 is 0 Å². The van der Waals surface area contributed by atoms with Gasteiger partial charge < -0.3 is 14.2 Å². The highest BCUT2D eigenvalue weighted by Gasteiger charge is 2.36. The van der Waals surface area contributed by atoms with E-state index in [1.807, 2.05) is 36.4 Å². The molecule has 0 radical (unpaired) electrons. The van der Waals surface area contributed by atoms with Crippen LogP contribution in [0.15, 0.2) is 42.6 Å². The number of nitrogens with zero attached hydrogens (tertiary/aromatic N) is 1. The van der Waals surface area contributed by atoms with E-state index in [4.69, 9.17) is 14.2 Å². The number of hydrogen-bond acceptors (Lipinski definition) is 4. The van der Waals surface area contributed by atoms with E-state index in [0.29, 0.717) is 0 Å². The van der Waals surface area contributed by atoms with E-state index in [1.54, 1.807) is 27.5 Å². The van der Waals surface area contributed by atoms with Gasteiger partial charge in [0.05, 0.1) is 12.8 Å². The molecule has 0 amide bonds. The first-order chi connectivity index (χ1) is 10.6.